The summed E-state index contributed by atoms with van der Waals surface area (Å²) in [6.45, 7) is 3.51. The second-order valence-corrected chi connectivity index (χ2v) is 9.42. The number of benzene rings is 2. The highest BCUT2D eigenvalue weighted by molar-refractivity contribution is 5.96. The summed E-state index contributed by atoms with van der Waals surface area (Å²) >= 11 is 0. The van der Waals surface area contributed by atoms with Crippen LogP contribution in [0.1, 0.15) is 52.6 Å². The zero-order valence-corrected chi connectivity index (χ0v) is 18.7. The molecule has 1 aliphatic carbocycles. The van der Waals surface area contributed by atoms with Gasteiger partial charge in [0, 0.05) is 12.3 Å². The fourth-order valence-electron chi connectivity index (χ4n) is 5.00. The molecule has 1 aliphatic heterocycles. The van der Waals surface area contributed by atoms with Gasteiger partial charge in [-0.2, -0.15) is 0 Å². The summed E-state index contributed by atoms with van der Waals surface area (Å²) in [4.78, 5) is 27.1. The number of fused-ring (bicyclic) bond motifs is 3. The maximum absolute atomic E-state index is 13.3. The molecule has 7 heteroatoms. The van der Waals surface area contributed by atoms with Gasteiger partial charge in [0.15, 0.2) is 11.4 Å². The molecule has 33 heavy (non-hydrogen) atoms. The molecule has 170 valence electrons. The van der Waals surface area contributed by atoms with Crippen molar-refractivity contribution in [2.45, 2.75) is 38.3 Å². The lowest BCUT2D eigenvalue weighted by molar-refractivity contribution is 0.0234. The topological polar surface area (TPSA) is 86.0 Å². The molecule has 1 amide bonds. The highest BCUT2D eigenvalue weighted by Gasteiger charge is 2.39. The first kappa shape index (κ1) is 21.3. The van der Waals surface area contributed by atoms with Crippen LogP contribution < -0.4 is 10.4 Å². The number of amides is 1. The Morgan fingerprint density at radius 3 is 2.09 bits per heavy atom. The summed E-state index contributed by atoms with van der Waals surface area (Å²) < 4.78 is 1.60. The summed E-state index contributed by atoms with van der Waals surface area (Å²) in [6, 6.07) is 17.6. The molecule has 1 aromatic heterocycles. The lowest BCUT2D eigenvalue weighted by Crippen LogP contribution is -2.58. The molecule has 3 aromatic rings. The van der Waals surface area contributed by atoms with Gasteiger partial charge in [0.1, 0.15) is 6.67 Å². The first-order chi connectivity index (χ1) is 15.7. The van der Waals surface area contributed by atoms with Crippen LogP contribution in [0.3, 0.4) is 0 Å². The van der Waals surface area contributed by atoms with Crippen molar-refractivity contribution in [3.8, 4) is 5.75 Å². The van der Waals surface area contributed by atoms with Crippen molar-refractivity contribution in [2.75, 3.05) is 18.2 Å². The Labute approximate surface area is 192 Å². The van der Waals surface area contributed by atoms with Crippen molar-refractivity contribution in [2.24, 2.45) is 0 Å². The van der Waals surface area contributed by atoms with Gasteiger partial charge in [0.25, 0.3) is 5.91 Å². The van der Waals surface area contributed by atoms with Gasteiger partial charge in [-0.15, -0.1) is 0 Å². The molecular weight excluding hydrogens is 418 g/mol. The lowest BCUT2D eigenvalue weighted by atomic mass is 9.94. The highest BCUT2D eigenvalue weighted by atomic mass is 16.3. The van der Waals surface area contributed by atoms with E-state index in [0.717, 1.165) is 24.0 Å². The van der Waals surface area contributed by atoms with Gasteiger partial charge in [-0.3, -0.25) is 19.3 Å². The summed E-state index contributed by atoms with van der Waals surface area (Å²) in [5.74, 6) is -1.07. The molecule has 5 rings (SSSR count). The number of pyridine rings is 1. The van der Waals surface area contributed by atoms with E-state index in [-0.39, 0.29) is 24.9 Å². The first-order valence-electron chi connectivity index (χ1n) is 11.1. The molecule has 0 radical (unpaired) electrons. The first-order valence-corrected chi connectivity index (χ1v) is 11.1. The Morgan fingerprint density at radius 2 is 1.52 bits per heavy atom. The predicted octanol–water partition coefficient (Wildman–Crippen LogP) is 2.56. The van der Waals surface area contributed by atoms with Crippen LogP contribution in [0.2, 0.25) is 0 Å². The monoisotopic (exact) mass is 445 g/mol. The van der Waals surface area contributed by atoms with Gasteiger partial charge in [0.05, 0.1) is 18.2 Å². The van der Waals surface area contributed by atoms with E-state index in [1.807, 2.05) is 29.3 Å². The van der Waals surface area contributed by atoms with Crippen LogP contribution in [0.4, 0.5) is 0 Å². The van der Waals surface area contributed by atoms with E-state index < -0.39 is 22.7 Å². The highest BCUT2D eigenvalue weighted by Crippen LogP contribution is 2.38. The number of aromatic hydroxyl groups is 1. The number of hydrogen-bond donors (Lipinski definition) is 2. The van der Waals surface area contributed by atoms with E-state index >= 15 is 0 Å². The van der Waals surface area contributed by atoms with Crippen molar-refractivity contribution in [3.05, 3.63) is 99.0 Å². The number of carbonyl (C=O) groups excluding carboxylic acids is 1. The van der Waals surface area contributed by atoms with E-state index in [1.54, 1.807) is 24.7 Å². The molecule has 7 nitrogen and oxygen atoms in total. The third-order valence-electron chi connectivity index (χ3n) is 6.37. The van der Waals surface area contributed by atoms with Crippen LogP contribution in [-0.2, 0) is 12.8 Å². The number of aromatic nitrogens is 1. The van der Waals surface area contributed by atoms with Crippen LogP contribution in [0, 0.1) is 0 Å². The fourth-order valence-corrected chi connectivity index (χ4v) is 5.00. The van der Waals surface area contributed by atoms with Gasteiger partial charge in [0.2, 0.25) is 5.43 Å². The zero-order chi connectivity index (χ0) is 23.3. The van der Waals surface area contributed by atoms with Gasteiger partial charge in [-0.1, -0.05) is 48.5 Å². The summed E-state index contributed by atoms with van der Waals surface area (Å²) in [6.07, 6.45) is 3.34. The van der Waals surface area contributed by atoms with E-state index in [4.69, 9.17) is 0 Å². The minimum atomic E-state index is -1.15. The molecule has 0 saturated carbocycles. The minimum absolute atomic E-state index is 0.0564. The molecule has 2 N–H and O–H groups in total. The number of carbonyl (C=O) groups is 1. The molecule has 0 atom stereocenters. The lowest BCUT2D eigenvalue weighted by Gasteiger charge is -2.45. The largest absolute Gasteiger partial charge is 0.502 e. The smallest absolute Gasteiger partial charge is 0.277 e. The van der Waals surface area contributed by atoms with Crippen molar-refractivity contribution in [1.29, 1.82) is 0 Å². The van der Waals surface area contributed by atoms with Gasteiger partial charge in [-0.25, -0.2) is 0 Å². The van der Waals surface area contributed by atoms with Crippen LogP contribution in [0.25, 0.3) is 0 Å². The summed E-state index contributed by atoms with van der Waals surface area (Å²) in [5.41, 5.74) is 2.83. The maximum atomic E-state index is 13.3. The average Bonchev–Trinajstić information content (AvgIpc) is 2.94. The van der Waals surface area contributed by atoms with Crippen LogP contribution in [-0.4, -0.2) is 44.5 Å². The molecule has 0 bridgehead atoms. The number of aryl methyl sites for hydroxylation is 2. The Kier molecular flexibility index (Phi) is 5.01. The third kappa shape index (κ3) is 3.68. The second kappa shape index (κ2) is 7.78. The quantitative estimate of drug-likeness (QED) is 0.647. The molecule has 0 saturated heterocycles. The normalized spacial score (nSPS) is 16.2. The Hall–Kier alpha value is -3.58. The van der Waals surface area contributed by atoms with Crippen molar-refractivity contribution < 1.29 is 15.0 Å². The minimum Gasteiger partial charge on any atom is -0.502 e. The SMILES string of the molecule is CC(C)(O)CN1CN(C2c3ccccc3CCc3ccccc32)n2ccc(=O)c(O)c2C1=O. The number of nitrogens with zero attached hydrogens (tertiary/aromatic N) is 3. The van der Waals surface area contributed by atoms with Crippen LogP contribution in [0.5, 0.6) is 5.75 Å². The predicted molar refractivity (Wildman–Crippen MR) is 125 cm³/mol. The number of β-amino-alcohol motifs (C(OH)–C–C–N with tert-alkyl or cyclic N) is 1. The van der Waals surface area contributed by atoms with E-state index in [1.165, 1.54) is 22.1 Å². The fraction of sp³-hybridized carbons (Fsp3) is 0.308. The van der Waals surface area contributed by atoms with Gasteiger partial charge >= 0.3 is 0 Å². The molecule has 0 fully saturated rings. The summed E-state index contributed by atoms with van der Waals surface area (Å²) in [7, 11) is 0. The van der Waals surface area contributed by atoms with Gasteiger partial charge < -0.3 is 15.1 Å². The molecular formula is C26H27N3O4. The molecule has 0 spiro atoms. The standard InChI is InChI=1S/C26H27N3O4/c1-26(2,33)15-27-16-29(28-14-13-21(30)24(31)23(28)25(27)32)22-19-9-5-3-7-17(19)11-12-18-8-4-6-10-20(18)22/h3-10,13-14,22,31,33H,11-12,15-16H2,1-2H3. The van der Waals surface area contributed by atoms with Crippen LogP contribution in [0.15, 0.2) is 65.6 Å². The van der Waals surface area contributed by atoms with Crippen molar-refractivity contribution in [1.82, 2.24) is 9.58 Å². The molecule has 2 heterocycles. The van der Waals surface area contributed by atoms with Gasteiger partial charge in [-0.05, 0) is 48.9 Å². The van der Waals surface area contributed by atoms with E-state index in [0.29, 0.717) is 0 Å². The van der Waals surface area contributed by atoms with E-state index in [2.05, 4.69) is 24.3 Å². The van der Waals surface area contributed by atoms with Crippen molar-refractivity contribution in [3.63, 3.8) is 0 Å². The third-order valence-corrected chi connectivity index (χ3v) is 6.37. The number of rotatable bonds is 3. The second-order valence-electron chi connectivity index (χ2n) is 9.42. The van der Waals surface area contributed by atoms with E-state index in [9.17, 15) is 19.8 Å². The molecule has 2 aromatic carbocycles. The average molecular weight is 446 g/mol. The Bertz CT molecular complexity index is 1240. The maximum Gasteiger partial charge on any atom is 0.277 e. The molecule has 2 aliphatic rings. The Morgan fingerprint density at radius 1 is 0.939 bits per heavy atom. The number of aliphatic hydroxyl groups is 1. The van der Waals surface area contributed by atoms with Crippen LogP contribution >= 0.6 is 0 Å². The Balaban J connectivity index is 1.75. The number of hydrogen-bond acceptors (Lipinski definition) is 5. The summed E-state index contributed by atoms with van der Waals surface area (Å²) in [5, 5.41) is 23.1. The molecule has 0 unspecified atom stereocenters. The zero-order valence-electron chi connectivity index (χ0n) is 18.7. The van der Waals surface area contributed by atoms with Crippen molar-refractivity contribution >= 4 is 5.91 Å².